The predicted molar refractivity (Wildman–Crippen MR) is 139 cm³/mol. The van der Waals surface area contributed by atoms with Gasteiger partial charge in [-0.3, -0.25) is 9.59 Å². The van der Waals surface area contributed by atoms with Gasteiger partial charge in [-0.2, -0.15) is 5.10 Å². The van der Waals surface area contributed by atoms with Crippen LogP contribution in [0, 0.1) is 6.92 Å². The van der Waals surface area contributed by atoms with Crippen molar-refractivity contribution in [3.63, 3.8) is 0 Å². The monoisotopic (exact) mass is 513 g/mol. The largest absolute Gasteiger partial charge is 0.490 e. The highest BCUT2D eigenvalue weighted by Gasteiger charge is 2.10. The zero-order valence-corrected chi connectivity index (χ0v) is 20.8. The predicted octanol–water partition coefficient (Wildman–Crippen LogP) is 5.76. The number of rotatable bonds is 10. The molecular weight excluding hydrogens is 489 g/mol. The molecule has 0 spiro atoms. The number of halogens is 2. The summed E-state index contributed by atoms with van der Waals surface area (Å²) in [5.74, 6) is 0.0942. The average Bonchev–Trinajstić information content (AvgIpc) is 2.81. The maximum Gasteiger partial charge on any atom is 0.249 e. The Morgan fingerprint density at radius 2 is 1.77 bits per heavy atom. The van der Waals surface area contributed by atoms with Gasteiger partial charge < -0.3 is 14.8 Å². The van der Waals surface area contributed by atoms with E-state index in [0.29, 0.717) is 46.0 Å². The van der Waals surface area contributed by atoms with E-state index in [4.69, 9.17) is 32.7 Å². The van der Waals surface area contributed by atoms with E-state index in [1.54, 1.807) is 30.3 Å². The Kier molecular flexibility index (Phi) is 9.52. The fraction of sp³-hybridized carbons (Fsp3) is 0.192. The highest BCUT2D eigenvalue weighted by Crippen LogP contribution is 2.29. The van der Waals surface area contributed by atoms with E-state index in [-0.39, 0.29) is 0 Å². The molecule has 182 valence electrons. The molecule has 0 saturated heterocycles. The number of carbonyl (C=O) groups excluding carboxylic acids is 2. The summed E-state index contributed by atoms with van der Waals surface area (Å²) in [7, 11) is 0. The molecule has 9 heteroatoms. The van der Waals surface area contributed by atoms with E-state index in [0.717, 1.165) is 11.1 Å². The van der Waals surface area contributed by atoms with E-state index in [9.17, 15) is 9.59 Å². The molecule has 0 aliphatic rings. The first-order chi connectivity index (χ1) is 16.8. The third kappa shape index (κ3) is 8.31. The van der Waals surface area contributed by atoms with Crippen molar-refractivity contribution in [1.29, 1.82) is 0 Å². The lowest BCUT2D eigenvalue weighted by Crippen LogP contribution is -2.24. The number of nitrogens with one attached hydrogen (secondary N) is 2. The lowest BCUT2D eigenvalue weighted by atomic mass is 10.1. The smallest absolute Gasteiger partial charge is 0.249 e. The van der Waals surface area contributed by atoms with Gasteiger partial charge in [0.05, 0.1) is 22.9 Å². The molecule has 0 radical (unpaired) electrons. The summed E-state index contributed by atoms with van der Waals surface area (Å²) in [4.78, 5) is 24.1. The third-order valence-electron chi connectivity index (χ3n) is 4.67. The molecule has 0 unspecified atom stereocenters. The highest BCUT2D eigenvalue weighted by atomic mass is 35.5. The molecule has 3 rings (SSSR count). The lowest BCUT2D eigenvalue weighted by Gasteiger charge is -2.13. The zero-order valence-electron chi connectivity index (χ0n) is 19.3. The zero-order chi connectivity index (χ0) is 25.2. The molecule has 3 aromatic rings. The maximum absolute atomic E-state index is 12.1. The summed E-state index contributed by atoms with van der Waals surface area (Å²) >= 11 is 11.8. The van der Waals surface area contributed by atoms with Gasteiger partial charge in [0.2, 0.25) is 11.8 Å². The van der Waals surface area contributed by atoms with Crippen LogP contribution in [0.5, 0.6) is 11.5 Å². The second-order valence-corrected chi connectivity index (χ2v) is 8.38. The number of anilines is 1. The molecule has 0 saturated carbocycles. The van der Waals surface area contributed by atoms with Crippen LogP contribution in [0.4, 0.5) is 5.69 Å². The van der Waals surface area contributed by atoms with Gasteiger partial charge >= 0.3 is 0 Å². The summed E-state index contributed by atoms with van der Waals surface area (Å²) < 4.78 is 11.6. The standard InChI is InChI=1S/C26H25Cl2N3O4/c1-3-34-24-12-18(7-10-23(24)35-16-19-6-4-5-17(2)11-19)15-29-31-26(33)14-25(32)30-20-8-9-21(27)22(28)13-20/h4-13,15H,3,14,16H2,1-2H3,(H,30,32)(H,31,33). The molecule has 35 heavy (non-hydrogen) atoms. The summed E-state index contributed by atoms with van der Waals surface area (Å²) in [5.41, 5.74) is 5.69. The molecule has 0 fully saturated rings. The van der Waals surface area contributed by atoms with Crippen LogP contribution >= 0.6 is 23.2 Å². The number of hydrazone groups is 1. The Hall–Kier alpha value is -3.55. The summed E-state index contributed by atoms with van der Waals surface area (Å²) in [6.45, 7) is 4.79. The number of hydrogen-bond donors (Lipinski definition) is 2. The Balaban J connectivity index is 1.54. The second kappa shape index (κ2) is 12.8. The van der Waals surface area contributed by atoms with E-state index >= 15 is 0 Å². The van der Waals surface area contributed by atoms with Crippen LogP contribution in [-0.2, 0) is 16.2 Å². The fourth-order valence-corrected chi connectivity index (χ4v) is 3.40. The number of benzene rings is 3. The van der Waals surface area contributed by atoms with Crippen LogP contribution in [-0.4, -0.2) is 24.6 Å². The van der Waals surface area contributed by atoms with Crippen LogP contribution < -0.4 is 20.2 Å². The average molecular weight is 514 g/mol. The fourth-order valence-electron chi connectivity index (χ4n) is 3.10. The summed E-state index contributed by atoms with van der Waals surface area (Å²) in [6, 6.07) is 18.1. The van der Waals surface area contributed by atoms with Gasteiger partial charge in [0.1, 0.15) is 13.0 Å². The topological polar surface area (TPSA) is 89.0 Å². The van der Waals surface area contributed by atoms with Gasteiger partial charge in [-0.05, 0) is 61.4 Å². The number of hydrogen-bond acceptors (Lipinski definition) is 5. The molecule has 0 aromatic heterocycles. The molecule has 3 aromatic carbocycles. The van der Waals surface area contributed by atoms with Gasteiger partial charge in [-0.15, -0.1) is 0 Å². The summed E-state index contributed by atoms with van der Waals surface area (Å²) in [5, 5.41) is 7.17. The van der Waals surface area contributed by atoms with Crippen LogP contribution in [0.3, 0.4) is 0 Å². The number of carbonyl (C=O) groups is 2. The van der Waals surface area contributed by atoms with Gasteiger partial charge in [0.25, 0.3) is 0 Å². The molecule has 0 bridgehead atoms. The van der Waals surface area contributed by atoms with Crippen molar-refractivity contribution in [1.82, 2.24) is 5.43 Å². The molecule has 0 heterocycles. The first-order valence-corrected chi connectivity index (χ1v) is 11.6. The van der Waals surface area contributed by atoms with Gasteiger partial charge in [-0.1, -0.05) is 53.0 Å². The Labute approximate surface area is 214 Å². The number of aryl methyl sites for hydroxylation is 1. The minimum Gasteiger partial charge on any atom is -0.490 e. The number of ether oxygens (including phenoxy) is 2. The first kappa shape index (κ1) is 26.1. The van der Waals surface area contributed by atoms with E-state index in [1.165, 1.54) is 12.3 Å². The van der Waals surface area contributed by atoms with Crippen molar-refractivity contribution in [2.24, 2.45) is 5.10 Å². The van der Waals surface area contributed by atoms with Gasteiger partial charge in [-0.25, -0.2) is 5.43 Å². The Morgan fingerprint density at radius 3 is 2.51 bits per heavy atom. The van der Waals surface area contributed by atoms with Crippen LogP contribution in [0.25, 0.3) is 0 Å². The minimum atomic E-state index is -0.568. The van der Waals surface area contributed by atoms with E-state index < -0.39 is 18.2 Å². The normalized spacial score (nSPS) is 10.7. The Morgan fingerprint density at radius 1 is 0.943 bits per heavy atom. The number of nitrogens with zero attached hydrogens (tertiary/aromatic N) is 1. The summed E-state index contributed by atoms with van der Waals surface area (Å²) in [6.07, 6.45) is 1.05. The number of amides is 2. The second-order valence-electron chi connectivity index (χ2n) is 7.56. The van der Waals surface area contributed by atoms with E-state index in [1.807, 2.05) is 32.0 Å². The van der Waals surface area contributed by atoms with Crippen molar-refractivity contribution in [3.05, 3.63) is 87.4 Å². The van der Waals surface area contributed by atoms with Crippen LogP contribution in [0.1, 0.15) is 30.0 Å². The third-order valence-corrected chi connectivity index (χ3v) is 5.41. The molecule has 2 amide bonds. The molecule has 2 N–H and O–H groups in total. The lowest BCUT2D eigenvalue weighted by molar-refractivity contribution is -0.126. The molecule has 7 nitrogen and oxygen atoms in total. The molecule has 0 aliphatic heterocycles. The molecule has 0 aliphatic carbocycles. The highest BCUT2D eigenvalue weighted by molar-refractivity contribution is 6.42. The van der Waals surface area contributed by atoms with Crippen molar-refractivity contribution >= 4 is 46.9 Å². The van der Waals surface area contributed by atoms with Crippen LogP contribution in [0.2, 0.25) is 10.0 Å². The first-order valence-electron chi connectivity index (χ1n) is 10.9. The van der Waals surface area contributed by atoms with Crippen molar-refractivity contribution in [3.8, 4) is 11.5 Å². The SMILES string of the molecule is CCOc1cc(C=NNC(=O)CC(=O)Nc2ccc(Cl)c(Cl)c2)ccc1OCc1cccc(C)c1. The van der Waals surface area contributed by atoms with Crippen molar-refractivity contribution in [2.45, 2.75) is 26.9 Å². The molecule has 0 atom stereocenters. The molecular formula is C26H25Cl2N3O4. The van der Waals surface area contributed by atoms with Gasteiger partial charge in [0, 0.05) is 5.69 Å². The van der Waals surface area contributed by atoms with Crippen LogP contribution in [0.15, 0.2) is 65.8 Å². The minimum absolute atomic E-state index is 0.302. The van der Waals surface area contributed by atoms with E-state index in [2.05, 4.69) is 21.9 Å². The van der Waals surface area contributed by atoms with Gasteiger partial charge in [0.15, 0.2) is 11.5 Å². The van der Waals surface area contributed by atoms with Crippen molar-refractivity contribution in [2.75, 3.05) is 11.9 Å². The maximum atomic E-state index is 12.1. The Bertz CT molecular complexity index is 1230. The van der Waals surface area contributed by atoms with Crippen molar-refractivity contribution < 1.29 is 19.1 Å². The quantitative estimate of drug-likeness (QED) is 0.205.